The molecule has 21 heavy (non-hydrogen) atoms. The van der Waals surface area contributed by atoms with Gasteiger partial charge in [0.1, 0.15) is 5.60 Å². The number of nitrogens with one attached hydrogen (secondary N) is 2. The molecule has 0 aliphatic heterocycles. The lowest BCUT2D eigenvalue weighted by atomic mass is 10.0. The molecule has 2 N–H and O–H groups in total. The van der Waals surface area contributed by atoms with Crippen LogP contribution in [0.1, 0.15) is 78.6 Å². The molecule has 0 bridgehead atoms. The van der Waals surface area contributed by atoms with Crippen LogP contribution in [-0.2, 0) is 4.74 Å². The second-order valence-corrected chi connectivity index (χ2v) is 7.65. The predicted molar refractivity (Wildman–Crippen MR) is 85.4 cm³/mol. The topological polar surface area (TPSA) is 50.4 Å². The number of ether oxygens (including phenoxy) is 1. The molecule has 0 spiro atoms. The van der Waals surface area contributed by atoms with E-state index in [1.807, 2.05) is 20.8 Å². The minimum absolute atomic E-state index is 0.211. The summed E-state index contributed by atoms with van der Waals surface area (Å²) in [6.45, 7) is 5.73. The van der Waals surface area contributed by atoms with E-state index in [4.69, 9.17) is 4.74 Å². The molecule has 2 fully saturated rings. The van der Waals surface area contributed by atoms with Gasteiger partial charge in [-0.25, -0.2) is 4.79 Å². The van der Waals surface area contributed by atoms with Crippen LogP contribution in [0.15, 0.2) is 0 Å². The van der Waals surface area contributed by atoms with E-state index in [2.05, 4.69) is 10.6 Å². The van der Waals surface area contributed by atoms with Gasteiger partial charge in [0, 0.05) is 18.1 Å². The molecule has 2 aliphatic carbocycles. The molecule has 122 valence electrons. The Labute approximate surface area is 129 Å². The van der Waals surface area contributed by atoms with Crippen LogP contribution in [0.2, 0.25) is 0 Å². The molecule has 4 heteroatoms. The largest absolute Gasteiger partial charge is 0.444 e. The van der Waals surface area contributed by atoms with Gasteiger partial charge in [0.2, 0.25) is 0 Å². The molecular weight excluding hydrogens is 264 g/mol. The normalized spacial score (nSPS) is 28.1. The summed E-state index contributed by atoms with van der Waals surface area (Å²) in [5.74, 6) is 0. The highest BCUT2D eigenvalue weighted by Crippen LogP contribution is 2.23. The number of amides is 1. The van der Waals surface area contributed by atoms with E-state index in [9.17, 15) is 4.79 Å². The van der Waals surface area contributed by atoms with Gasteiger partial charge in [-0.15, -0.1) is 0 Å². The van der Waals surface area contributed by atoms with Crippen LogP contribution in [0.5, 0.6) is 0 Å². The zero-order valence-electron chi connectivity index (χ0n) is 13.9. The minimum Gasteiger partial charge on any atom is -0.444 e. The maximum absolute atomic E-state index is 12.1. The molecule has 2 atom stereocenters. The van der Waals surface area contributed by atoms with Gasteiger partial charge in [-0.2, -0.15) is 0 Å². The van der Waals surface area contributed by atoms with E-state index in [1.54, 1.807) is 0 Å². The molecule has 0 aromatic carbocycles. The molecule has 0 heterocycles. The Hall–Kier alpha value is -0.770. The number of hydrogen-bond donors (Lipinski definition) is 2. The second kappa shape index (κ2) is 7.48. The van der Waals surface area contributed by atoms with Crippen molar-refractivity contribution < 1.29 is 9.53 Å². The predicted octanol–water partition coefficient (Wildman–Crippen LogP) is 3.74. The van der Waals surface area contributed by atoms with Crippen molar-refractivity contribution >= 4 is 6.09 Å². The lowest BCUT2D eigenvalue weighted by molar-refractivity contribution is 0.0488. The van der Waals surface area contributed by atoms with Gasteiger partial charge in [-0.3, -0.25) is 0 Å². The lowest BCUT2D eigenvalue weighted by Gasteiger charge is -2.31. The van der Waals surface area contributed by atoms with Crippen LogP contribution in [0.25, 0.3) is 0 Å². The first-order valence-electron chi connectivity index (χ1n) is 8.69. The number of carbonyl (C=O) groups excluding carboxylic acids is 1. The van der Waals surface area contributed by atoms with Gasteiger partial charge >= 0.3 is 6.09 Å². The first kappa shape index (κ1) is 16.6. The summed E-state index contributed by atoms with van der Waals surface area (Å²) >= 11 is 0. The molecule has 0 aromatic rings. The fourth-order valence-corrected chi connectivity index (χ4v) is 3.53. The first-order chi connectivity index (χ1) is 9.94. The molecular formula is C17H32N2O2. The van der Waals surface area contributed by atoms with Crippen LogP contribution >= 0.6 is 0 Å². The van der Waals surface area contributed by atoms with Gasteiger partial charge in [0.05, 0.1) is 0 Å². The van der Waals surface area contributed by atoms with Crippen molar-refractivity contribution in [2.75, 3.05) is 0 Å². The van der Waals surface area contributed by atoms with E-state index in [0.717, 1.165) is 12.8 Å². The summed E-state index contributed by atoms with van der Waals surface area (Å²) in [7, 11) is 0. The molecule has 0 aromatic heterocycles. The van der Waals surface area contributed by atoms with Gasteiger partial charge in [0.15, 0.2) is 0 Å². The molecule has 2 saturated carbocycles. The Morgan fingerprint density at radius 3 is 2.10 bits per heavy atom. The smallest absolute Gasteiger partial charge is 0.407 e. The third kappa shape index (κ3) is 5.85. The number of carbonyl (C=O) groups is 1. The molecule has 1 amide bonds. The third-order valence-electron chi connectivity index (χ3n) is 4.52. The van der Waals surface area contributed by atoms with E-state index >= 15 is 0 Å². The minimum atomic E-state index is -0.427. The zero-order valence-corrected chi connectivity index (χ0v) is 13.9. The Kier molecular flexibility index (Phi) is 5.91. The Morgan fingerprint density at radius 2 is 1.48 bits per heavy atom. The van der Waals surface area contributed by atoms with Gasteiger partial charge in [0.25, 0.3) is 0 Å². The van der Waals surface area contributed by atoms with E-state index in [1.165, 1.54) is 44.9 Å². The summed E-state index contributed by atoms with van der Waals surface area (Å²) in [6.07, 6.45) is 10.9. The van der Waals surface area contributed by atoms with Crippen molar-refractivity contribution in [2.45, 2.75) is 102 Å². The highest BCUT2D eigenvalue weighted by molar-refractivity contribution is 5.68. The molecule has 2 rings (SSSR count). The van der Waals surface area contributed by atoms with Crippen molar-refractivity contribution in [3.63, 3.8) is 0 Å². The van der Waals surface area contributed by atoms with Gasteiger partial charge < -0.3 is 15.4 Å². The van der Waals surface area contributed by atoms with Crippen molar-refractivity contribution in [1.29, 1.82) is 0 Å². The Bertz CT molecular complexity index is 332. The number of hydrogen-bond acceptors (Lipinski definition) is 3. The molecule has 0 saturated heterocycles. The summed E-state index contributed by atoms with van der Waals surface area (Å²) in [4.78, 5) is 12.1. The fraction of sp³-hybridized carbons (Fsp3) is 0.941. The van der Waals surface area contributed by atoms with Gasteiger partial charge in [-0.05, 0) is 46.5 Å². The Morgan fingerprint density at radius 1 is 0.905 bits per heavy atom. The Balaban J connectivity index is 1.90. The molecule has 0 radical (unpaired) electrons. The van der Waals surface area contributed by atoms with Crippen LogP contribution in [0, 0.1) is 0 Å². The molecule has 4 nitrogen and oxygen atoms in total. The van der Waals surface area contributed by atoms with Crippen LogP contribution in [0.4, 0.5) is 4.79 Å². The van der Waals surface area contributed by atoms with Crippen molar-refractivity contribution in [3.8, 4) is 0 Å². The summed E-state index contributed by atoms with van der Waals surface area (Å²) < 4.78 is 5.42. The number of alkyl carbamates (subject to hydrolysis) is 1. The first-order valence-corrected chi connectivity index (χ1v) is 8.69. The van der Waals surface area contributed by atoms with Crippen molar-refractivity contribution in [3.05, 3.63) is 0 Å². The average molecular weight is 296 g/mol. The quantitative estimate of drug-likeness (QED) is 0.780. The average Bonchev–Trinajstić information content (AvgIpc) is 2.77. The van der Waals surface area contributed by atoms with E-state index in [-0.39, 0.29) is 12.1 Å². The SMILES string of the molecule is CC(C)(C)OC(=O)NC1CCCCCC1NC1CCCC1. The van der Waals surface area contributed by atoms with Crippen molar-refractivity contribution in [2.24, 2.45) is 0 Å². The van der Waals surface area contributed by atoms with Crippen LogP contribution < -0.4 is 10.6 Å². The summed E-state index contributed by atoms with van der Waals surface area (Å²) in [5, 5.41) is 6.92. The molecule has 2 aliphatic rings. The zero-order chi connectivity index (χ0) is 15.3. The van der Waals surface area contributed by atoms with E-state index in [0.29, 0.717) is 12.1 Å². The highest BCUT2D eigenvalue weighted by atomic mass is 16.6. The summed E-state index contributed by atoms with van der Waals surface area (Å²) in [5.41, 5.74) is -0.427. The van der Waals surface area contributed by atoms with Crippen LogP contribution in [-0.4, -0.2) is 29.8 Å². The fourth-order valence-electron chi connectivity index (χ4n) is 3.53. The molecule has 2 unspecified atom stereocenters. The van der Waals surface area contributed by atoms with Crippen molar-refractivity contribution in [1.82, 2.24) is 10.6 Å². The lowest BCUT2D eigenvalue weighted by Crippen LogP contribution is -2.52. The van der Waals surface area contributed by atoms with Crippen LogP contribution in [0.3, 0.4) is 0 Å². The maximum Gasteiger partial charge on any atom is 0.407 e. The number of rotatable bonds is 3. The second-order valence-electron chi connectivity index (χ2n) is 7.65. The third-order valence-corrected chi connectivity index (χ3v) is 4.52. The maximum atomic E-state index is 12.1. The van der Waals surface area contributed by atoms with E-state index < -0.39 is 5.60 Å². The van der Waals surface area contributed by atoms with Gasteiger partial charge in [-0.1, -0.05) is 32.1 Å². The summed E-state index contributed by atoms with van der Waals surface area (Å²) in [6, 6.07) is 1.27. The highest BCUT2D eigenvalue weighted by Gasteiger charge is 2.29. The standard InChI is InChI=1S/C17H32N2O2/c1-17(2,3)21-16(20)19-15-12-6-4-5-11-14(15)18-13-9-7-8-10-13/h13-15,18H,4-12H2,1-3H3,(H,19,20). The monoisotopic (exact) mass is 296 g/mol.